The van der Waals surface area contributed by atoms with Crippen LogP contribution in [0.2, 0.25) is 15.1 Å². The van der Waals surface area contributed by atoms with Crippen molar-refractivity contribution in [1.82, 2.24) is 10.2 Å². The summed E-state index contributed by atoms with van der Waals surface area (Å²) in [6.45, 7) is 6.46. The van der Waals surface area contributed by atoms with E-state index in [0.717, 1.165) is 11.3 Å². The lowest BCUT2D eigenvalue weighted by atomic mass is 10.0. The van der Waals surface area contributed by atoms with E-state index in [1.807, 2.05) is 55.1 Å². The first kappa shape index (κ1) is 24.7. The number of carbonyl (C=O) groups is 2. The van der Waals surface area contributed by atoms with Gasteiger partial charge in [-0.3, -0.25) is 9.59 Å². The van der Waals surface area contributed by atoms with E-state index >= 15 is 0 Å². The Morgan fingerprint density at radius 1 is 0.938 bits per heavy atom. The van der Waals surface area contributed by atoms with Crippen molar-refractivity contribution in [3.8, 4) is 0 Å². The zero-order valence-corrected chi connectivity index (χ0v) is 20.6. The number of nitrogens with one attached hydrogen (secondary N) is 1. The highest BCUT2D eigenvalue weighted by Gasteiger charge is 2.30. The molecule has 0 aliphatic carbocycles. The van der Waals surface area contributed by atoms with Crippen LogP contribution in [0.3, 0.4) is 0 Å². The zero-order valence-electron chi connectivity index (χ0n) is 18.3. The van der Waals surface area contributed by atoms with Gasteiger partial charge in [0.1, 0.15) is 6.04 Å². The number of amides is 2. The van der Waals surface area contributed by atoms with E-state index in [-0.39, 0.29) is 17.7 Å². The average Bonchev–Trinajstić information content (AvgIpc) is 2.78. The Hall–Kier alpha value is -1.95. The summed E-state index contributed by atoms with van der Waals surface area (Å²) in [7, 11) is 0. The number of anilines is 1. The van der Waals surface area contributed by atoms with Crippen LogP contribution in [-0.2, 0) is 16.0 Å². The lowest BCUT2D eigenvalue weighted by Gasteiger charge is -2.38. The highest BCUT2D eigenvalue weighted by molar-refractivity contribution is 6.42. The smallest absolute Gasteiger partial charge is 0.245 e. The van der Waals surface area contributed by atoms with Crippen LogP contribution < -0.4 is 10.2 Å². The van der Waals surface area contributed by atoms with E-state index in [4.69, 9.17) is 34.8 Å². The molecular weight excluding hydrogens is 469 g/mol. The summed E-state index contributed by atoms with van der Waals surface area (Å²) in [5, 5.41) is 4.66. The van der Waals surface area contributed by atoms with E-state index in [9.17, 15) is 9.59 Å². The van der Waals surface area contributed by atoms with Crippen LogP contribution in [0.25, 0.3) is 0 Å². The maximum Gasteiger partial charge on any atom is 0.245 e. The molecule has 1 saturated heterocycles. The lowest BCUT2D eigenvalue weighted by Crippen LogP contribution is -2.56. The quantitative estimate of drug-likeness (QED) is 0.582. The van der Waals surface area contributed by atoms with Gasteiger partial charge in [-0.05, 0) is 48.2 Å². The Balaban J connectivity index is 1.53. The molecule has 0 radical (unpaired) electrons. The van der Waals surface area contributed by atoms with Crippen LogP contribution in [0.5, 0.6) is 0 Å². The van der Waals surface area contributed by atoms with E-state index in [2.05, 4.69) is 10.2 Å². The number of benzene rings is 2. The Morgan fingerprint density at radius 2 is 1.59 bits per heavy atom. The van der Waals surface area contributed by atoms with Gasteiger partial charge in [0.05, 0.1) is 10.0 Å². The van der Waals surface area contributed by atoms with Crippen molar-refractivity contribution in [1.29, 1.82) is 0 Å². The van der Waals surface area contributed by atoms with Gasteiger partial charge < -0.3 is 15.1 Å². The van der Waals surface area contributed by atoms with Gasteiger partial charge in [0, 0.05) is 43.3 Å². The van der Waals surface area contributed by atoms with Gasteiger partial charge in [-0.1, -0.05) is 60.8 Å². The van der Waals surface area contributed by atoms with E-state index in [1.165, 1.54) is 0 Å². The summed E-state index contributed by atoms with van der Waals surface area (Å²) in [5.41, 5.74) is 2.03. The minimum atomic E-state index is -0.538. The molecule has 1 heterocycles. The number of aryl methyl sites for hydroxylation is 1. The number of hydrogen-bond acceptors (Lipinski definition) is 3. The minimum absolute atomic E-state index is 0.00455. The van der Waals surface area contributed by atoms with Crippen molar-refractivity contribution in [3.63, 3.8) is 0 Å². The molecule has 172 valence electrons. The second-order valence-electron chi connectivity index (χ2n) is 8.33. The fourth-order valence-corrected chi connectivity index (χ4v) is 4.15. The van der Waals surface area contributed by atoms with Crippen LogP contribution in [0.4, 0.5) is 5.69 Å². The van der Waals surface area contributed by atoms with Crippen LogP contribution in [0, 0.1) is 5.92 Å². The number of halogens is 3. The molecule has 3 rings (SSSR count). The van der Waals surface area contributed by atoms with Crippen LogP contribution in [-0.4, -0.2) is 48.9 Å². The summed E-state index contributed by atoms with van der Waals surface area (Å²) in [6.07, 6.45) is 0.924. The Labute approximate surface area is 204 Å². The molecule has 1 atom stereocenters. The first-order chi connectivity index (χ1) is 15.2. The van der Waals surface area contributed by atoms with Gasteiger partial charge >= 0.3 is 0 Å². The van der Waals surface area contributed by atoms with Gasteiger partial charge in [-0.25, -0.2) is 0 Å². The third-order valence-corrected chi connectivity index (χ3v) is 6.65. The Kier molecular flexibility index (Phi) is 8.69. The van der Waals surface area contributed by atoms with Crippen LogP contribution in [0.15, 0.2) is 42.5 Å². The topological polar surface area (TPSA) is 52.7 Å². The monoisotopic (exact) mass is 495 g/mol. The SMILES string of the molecule is CC(C)[C@@H](NC(=O)CCc1ccc(Cl)cc1)C(=O)N1CCN(c2ccc(Cl)c(Cl)c2)CC1. The average molecular weight is 497 g/mol. The normalized spacial score (nSPS) is 15.1. The molecule has 2 aromatic rings. The maximum absolute atomic E-state index is 13.2. The fourth-order valence-electron chi connectivity index (χ4n) is 3.73. The summed E-state index contributed by atoms with van der Waals surface area (Å²) in [5.74, 6) is -0.162. The van der Waals surface area contributed by atoms with Gasteiger partial charge in [0.2, 0.25) is 11.8 Å². The molecule has 2 aromatic carbocycles. The Morgan fingerprint density at radius 3 is 2.19 bits per heavy atom. The summed E-state index contributed by atoms with van der Waals surface area (Å²) >= 11 is 18.1. The predicted octanol–water partition coefficient (Wildman–Crippen LogP) is 5.07. The maximum atomic E-state index is 13.2. The third-order valence-electron chi connectivity index (χ3n) is 5.66. The summed E-state index contributed by atoms with van der Waals surface area (Å²) < 4.78 is 0. The van der Waals surface area contributed by atoms with Crippen LogP contribution >= 0.6 is 34.8 Å². The van der Waals surface area contributed by atoms with E-state index < -0.39 is 6.04 Å². The molecule has 32 heavy (non-hydrogen) atoms. The van der Waals surface area contributed by atoms with Gasteiger partial charge in [-0.2, -0.15) is 0 Å². The van der Waals surface area contributed by atoms with Gasteiger partial charge in [0.15, 0.2) is 0 Å². The molecule has 2 amide bonds. The van der Waals surface area contributed by atoms with Crippen molar-refractivity contribution in [2.45, 2.75) is 32.7 Å². The molecule has 1 N–H and O–H groups in total. The number of carbonyl (C=O) groups excluding carboxylic acids is 2. The Bertz CT molecular complexity index is 942. The fraction of sp³-hybridized carbons (Fsp3) is 0.417. The molecule has 0 spiro atoms. The van der Waals surface area contributed by atoms with Crippen molar-refractivity contribution in [2.75, 3.05) is 31.1 Å². The highest BCUT2D eigenvalue weighted by Crippen LogP contribution is 2.28. The molecule has 0 aromatic heterocycles. The number of nitrogens with zero attached hydrogens (tertiary/aromatic N) is 2. The highest BCUT2D eigenvalue weighted by atomic mass is 35.5. The molecule has 1 aliphatic rings. The first-order valence-electron chi connectivity index (χ1n) is 10.8. The summed E-state index contributed by atoms with van der Waals surface area (Å²) in [4.78, 5) is 29.7. The van der Waals surface area contributed by atoms with Crippen molar-refractivity contribution in [3.05, 3.63) is 63.1 Å². The number of piperazine rings is 1. The van der Waals surface area contributed by atoms with Crippen LogP contribution in [0.1, 0.15) is 25.8 Å². The molecule has 0 saturated carbocycles. The molecule has 0 unspecified atom stereocenters. The van der Waals surface area contributed by atoms with E-state index in [0.29, 0.717) is 54.1 Å². The molecule has 0 bridgehead atoms. The van der Waals surface area contributed by atoms with Crippen molar-refractivity contribution >= 4 is 52.3 Å². The molecule has 1 fully saturated rings. The number of hydrogen-bond donors (Lipinski definition) is 1. The predicted molar refractivity (Wildman–Crippen MR) is 132 cm³/mol. The largest absolute Gasteiger partial charge is 0.368 e. The zero-order chi connectivity index (χ0) is 23.3. The third kappa shape index (κ3) is 6.53. The van der Waals surface area contributed by atoms with Gasteiger partial charge in [0.25, 0.3) is 0 Å². The minimum Gasteiger partial charge on any atom is -0.368 e. The first-order valence-corrected chi connectivity index (χ1v) is 11.9. The summed E-state index contributed by atoms with van der Waals surface area (Å²) in [6, 6.07) is 12.5. The molecular formula is C24H28Cl3N3O2. The second kappa shape index (κ2) is 11.3. The number of rotatable bonds is 7. The van der Waals surface area contributed by atoms with Crippen molar-refractivity contribution < 1.29 is 9.59 Å². The lowest BCUT2D eigenvalue weighted by molar-refractivity contribution is -0.138. The second-order valence-corrected chi connectivity index (χ2v) is 9.58. The molecule has 8 heteroatoms. The van der Waals surface area contributed by atoms with Crippen molar-refractivity contribution in [2.24, 2.45) is 5.92 Å². The standard InChI is InChI=1S/C24H28Cl3N3O2/c1-16(2)23(28-22(31)10-5-17-3-6-18(25)7-4-17)24(32)30-13-11-29(12-14-30)19-8-9-20(26)21(27)15-19/h3-4,6-9,15-16,23H,5,10-14H2,1-2H3,(H,28,31)/t23-/m1/s1. The molecule has 5 nitrogen and oxygen atoms in total. The van der Waals surface area contributed by atoms with Gasteiger partial charge in [-0.15, -0.1) is 0 Å². The molecule has 1 aliphatic heterocycles. The van der Waals surface area contributed by atoms with E-state index in [1.54, 1.807) is 6.07 Å².